The molecule has 2 heterocycles. The van der Waals surface area contributed by atoms with Gasteiger partial charge >= 0.3 is 0 Å². The predicted octanol–water partition coefficient (Wildman–Crippen LogP) is 1.52. The second-order valence-electron chi connectivity index (χ2n) is 2.54. The Balaban J connectivity index is 2.23. The van der Waals surface area contributed by atoms with Crippen molar-refractivity contribution in [2.75, 3.05) is 7.05 Å². The van der Waals surface area contributed by atoms with E-state index >= 15 is 0 Å². The third kappa shape index (κ3) is 1.76. The highest BCUT2D eigenvalue weighted by atomic mass is 32.1. The molecule has 0 unspecified atom stereocenters. The van der Waals surface area contributed by atoms with Crippen molar-refractivity contribution in [2.45, 2.75) is 6.54 Å². The molecule has 0 aliphatic carbocycles. The zero-order valence-corrected chi connectivity index (χ0v) is 7.97. The van der Waals surface area contributed by atoms with Crippen molar-refractivity contribution in [3.8, 4) is 10.8 Å². The maximum absolute atomic E-state index is 5.28. The molecule has 0 amide bonds. The average molecular weight is 195 g/mol. The lowest BCUT2D eigenvalue weighted by Gasteiger charge is -1.88. The zero-order valence-electron chi connectivity index (χ0n) is 7.15. The molecule has 0 fully saturated rings. The van der Waals surface area contributed by atoms with Crippen LogP contribution >= 0.6 is 11.3 Å². The van der Waals surface area contributed by atoms with E-state index in [0.29, 0.717) is 5.89 Å². The zero-order chi connectivity index (χ0) is 9.10. The monoisotopic (exact) mass is 195 g/mol. The van der Waals surface area contributed by atoms with Gasteiger partial charge in [0.05, 0.1) is 17.4 Å². The van der Waals surface area contributed by atoms with Crippen LogP contribution in [0.1, 0.15) is 5.69 Å². The highest BCUT2D eigenvalue weighted by Gasteiger charge is 2.06. The van der Waals surface area contributed by atoms with Crippen molar-refractivity contribution in [1.29, 1.82) is 0 Å². The summed E-state index contributed by atoms with van der Waals surface area (Å²) in [6.45, 7) is 0.725. The quantitative estimate of drug-likeness (QED) is 0.806. The third-order valence-corrected chi connectivity index (χ3v) is 2.31. The predicted molar refractivity (Wildman–Crippen MR) is 50.4 cm³/mol. The summed E-state index contributed by atoms with van der Waals surface area (Å²) in [5, 5.41) is 3.01. The fourth-order valence-electron chi connectivity index (χ4n) is 1.00. The van der Waals surface area contributed by atoms with E-state index in [-0.39, 0.29) is 0 Å². The molecule has 13 heavy (non-hydrogen) atoms. The van der Waals surface area contributed by atoms with Gasteiger partial charge in [-0.15, -0.1) is 11.3 Å². The minimum absolute atomic E-state index is 0.646. The van der Waals surface area contributed by atoms with E-state index in [9.17, 15) is 0 Å². The van der Waals surface area contributed by atoms with Crippen LogP contribution in [-0.2, 0) is 6.54 Å². The number of hydrogen-bond acceptors (Lipinski definition) is 5. The molecule has 0 saturated carbocycles. The van der Waals surface area contributed by atoms with Crippen LogP contribution in [0.4, 0.5) is 0 Å². The molecule has 0 aliphatic rings. The maximum Gasteiger partial charge on any atom is 0.238 e. The van der Waals surface area contributed by atoms with Crippen LogP contribution in [0.2, 0.25) is 0 Å². The van der Waals surface area contributed by atoms with E-state index < -0.39 is 0 Å². The Morgan fingerprint density at radius 1 is 1.62 bits per heavy atom. The van der Waals surface area contributed by atoms with Crippen LogP contribution in [0, 0.1) is 0 Å². The minimum atomic E-state index is 0.646. The standard InChI is InChI=1S/C8H9N3OS/c1-9-2-6-4-12-8(11-6)7-3-10-5-13-7/h3-5,9H,2H2,1H3. The largest absolute Gasteiger partial charge is 0.443 e. The molecule has 5 heteroatoms. The Morgan fingerprint density at radius 2 is 2.54 bits per heavy atom. The fourth-order valence-corrected chi connectivity index (χ4v) is 1.56. The first kappa shape index (κ1) is 8.40. The third-order valence-electron chi connectivity index (χ3n) is 1.55. The van der Waals surface area contributed by atoms with Gasteiger partial charge in [0.25, 0.3) is 0 Å². The molecular weight excluding hydrogens is 186 g/mol. The normalized spacial score (nSPS) is 10.5. The molecule has 1 N–H and O–H groups in total. The maximum atomic E-state index is 5.28. The smallest absolute Gasteiger partial charge is 0.238 e. The van der Waals surface area contributed by atoms with Gasteiger partial charge in [-0.05, 0) is 7.05 Å². The number of nitrogens with zero attached hydrogens (tertiary/aromatic N) is 2. The van der Waals surface area contributed by atoms with Gasteiger partial charge in [0.1, 0.15) is 11.1 Å². The second-order valence-corrected chi connectivity index (χ2v) is 3.43. The summed E-state index contributed by atoms with van der Waals surface area (Å²) in [6.07, 6.45) is 3.41. The molecule has 2 rings (SSSR count). The van der Waals surface area contributed by atoms with Crippen molar-refractivity contribution < 1.29 is 4.42 Å². The fraction of sp³-hybridized carbons (Fsp3) is 0.250. The van der Waals surface area contributed by atoms with Crippen LogP contribution in [-0.4, -0.2) is 17.0 Å². The van der Waals surface area contributed by atoms with E-state index in [0.717, 1.165) is 17.1 Å². The topological polar surface area (TPSA) is 51.0 Å². The number of thiazole rings is 1. The molecule has 0 bridgehead atoms. The summed E-state index contributed by atoms with van der Waals surface area (Å²) in [6, 6.07) is 0. The highest BCUT2D eigenvalue weighted by molar-refractivity contribution is 7.13. The Labute approximate surface area is 79.6 Å². The van der Waals surface area contributed by atoms with Crippen molar-refractivity contribution >= 4 is 11.3 Å². The summed E-state index contributed by atoms with van der Waals surface area (Å²) in [7, 11) is 1.88. The molecule has 0 radical (unpaired) electrons. The van der Waals surface area contributed by atoms with Crippen molar-refractivity contribution in [1.82, 2.24) is 15.3 Å². The Hall–Kier alpha value is -1.20. The molecule has 2 aromatic heterocycles. The summed E-state index contributed by atoms with van der Waals surface area (Å²) < 4.78 is 5.28. The molecule has 0 aromatic carbocycles. The van der Waals surface area contributed by atoms with E-state index in [1.165, 1.54) is 11.3 Å². The molecule has 4 nitrogen and oxygen atoms in total. The van der Waals surface area contributed by atoms with Crippen LogP contribution in [0.3, 0.4) is 0 Å². The average Bonchev–Trinajstić information content (AvgIpc) is 2.70. The lowest BCUT2D eigenvalue weighted by molar-refractivity contribution is 0.573. The van der Waals surface area contributed by atoms with E-state index in [1.54, 1.807) is 18.0 Å². The molecular formula is C8H9N3OS. The Bertz CT molecular complexity index is 368. The van der Waals surface area contributed by atoms with Crippen LogP contribution < -0.4 is 5.32 Å². The van der Waals surface area contributed by atoms with Crippen molar-refractivity contribution in [3.63, 3.8) is 0 Å². The Morgan fingerprint density at radius 3 is 3.23 bits per heavy atom. The number of aromatic nitrogens is 2. The van der Waals surface area contributed by atoms with Crippen LogP contribution in [0.15, 0.2) is 22.4 Å². The van der Waals surface area contributed by atoms with Crippen molar-refractivity contribution in [3.05, 3.63) is 23.7 Å². The van der Waals surface area contributed by atoms with Gasteiger partial charge in [-0.2, -0.15) is 0 Å². The van der Waals surface area contributed by atoms with E-state index in [2.05, 4.69) is 15.3 Å². The summed E-state index contributed by atoms with van der Waals surface area (Å²) >= 11 is 1.52. The van der Waals surface area contributed by atoms with E-state index in [4.69, 9.17) is 4.42 Å². The molecule has 0 atom stereocenters. The first-order valence-corrected chi connectivity index (χ1v) is 4.76. The van der Waals surface area contributed by atoms with Gasteiger partial charge in [-0.25, -0.2) is 4.98 Å². The second kappa shape index (κ2) is 3.68. The van der Waals surface area contributed by atoms with Gasteiger partial charge in [-0.3, -0.25) is 4.98 Å². The lowest BCUT2D eigenvalue weighted by Crippen LogP contribution is -2.04. The molecule has 0 spiro atoms. The molecule has 2 aromatic rings. The van der Waals surface area contributed by atoms with Crippen LogP contribution in [0.5, 0.6) is 0 Å². The SMILES string of the molecule is CNCc1coc(-c2cncs2)n1. The van der Waals surface area contributed by atoms with E-state index in [1.807, 2.05) is 7.05 Å². The van der Waals surface area contributed by atoms with Crippen LogP contribution in [0.25, 0.3) is 10.8 Å². The molecule has 68 valence electrons. The summed E-state index contributed by atoms with van der Waals surface area (Å²) in [5.74, 6) is 0.646. The Kier molecular flexibility index (Phi) is 2.37. The van der Waals surface area contributed by atoms with Gasteiger partial charge in [0.2, 0.25) is 5.89 Å². The highest BCUT2D eigenvalue weighted by Crippen LogP contribution is 2.21. The first-order chi connectivity index (χ1) is 6.40. The van der Waals surface area contributed by atoms with Crippen molar-refractivity contribution in [2.24, 2.45) is 0 Å². The number of oxazole rings is 1. The molecule has 0 aliphatic heterocycles. The van der Waals surface area contributed by atoms with Gasteiger partial charge < -0.3 is 9.73 Å². The number of rotatable bonds is 3. The summed E-state index contributed by atoms with van der Waals surface area (Å²) in [4.78, 5) is 9.20. The minimum Gasteiger partial charge on any atom is -0.443 e. The lowest BCUT2D eigenvalue weighted by atomic mass is 10.5. The summed E-state index contributed by atoms with van der Waals surface area (Å²) in [5.41, 5.74) is 2.67. The van der Waals surface area contributed by atoms with Gasteiger partial charge in [0, 0.05) is 6.54 Å². The number of hydrogen-bond donors (Lipinski definition) is 1. The molecule has 0 saturated heterocycles. The van der Waals surface area contributed by atoms with Gasteiger partial charge in [-0.1, -0.05) is 0 Å². The first-order valence-electron chi connectivity index (χ1n) is 3.88. The number of nitrogens with one attached hydrogen (secondary N) is 1. The van der Waals surface area contributed by atoms with Gasteiger partial charge in [0.15, 0.2) is 0 Å².